The van der Waals surface area contributed by atoms with Gasteiger partial charge in [0.05, 0.1) is 5.92 Å². The Morgan fingerprint density at radius 1 is 1.20 bits per heavy atom. The van der Waals surface area contributed by atoms with Crippen molar-refractivity contribution in [1.29, 1.82) is 0 Å². The van der Waals surface area contributed by atoms with Gasteiger partial charge in [-0.2, -0.15) is 0 Å². The second-order valence-corrected chi connectivity index (χ2v) is 7.09. The fourth-order valence-corrected chi connectivity index (χ4v) is 3.09. The van der Waals surface area contributed by atoms with Gasteiger partial charge >= 0.3 is 0 Å². The minimum Gasteiger partial charge on any atom is -0.368 e. The number of likely N-dealkylation sites (tertiary alicyclic amines) is 1. The Bertz CT molecular complexity index is 640. The van der Waals surface area contributed by atoms with E-state index in [0.29, 0.717) is 25.1 Å². The van der Waals surface area contributed by atoms with Crippen molar-refractivity contribution in [3.63, 3.8) is 0 Å². The molecule has 1 saturated heterocycles. The summed E-state index contributed by atoms with van der Waals surface area (Å²) in [6, 6.07) is 6.74. The van der Waals surface area contributed by atoms with Crippen molar-refractivity contribution in [1.82, 2.24) is 10.2 Å². The molecule has 2 unspecified atom stereocenters. The van der Waals surface area contributed by atoms with E-state index in [2.05, 4.69) is 5.32 Å². The quantitative estimate of drug-likeness (QED) is 0.846. The number of rotatable bonds is 5. The van der Waals surface area contributed by atoms with Crippen LogP contribution < -0.4 is 11.1 Å². The highest BCUT2D eigenvalue weighted by atomic mass is 16.2. The summed E-state index contributed by atoms with van der Waals surface area (Å²) in [5, 5.41) is 2.74. The standard InChI is InChI=1S/C19H27N3O3/c1-12(2)16(17(20)23)21-18(24)15-5-4-10-22(11-15)19(25)14-8-6-13(3)7-9-14/h6-9,12,15-16H,4-5,10-11H2,1-3H3,(H2,20,23)(H,21,24). The monoisotopic (exact) mass is 345 g/mol. The first kappa shape index (κ1) is 19.0. The Morgan fingerprint density at radius 3 is 2.40 bits per heavy atom. The molecule has 2 rings (SSSR count). The molecule has 1 heterocycles. The Morgan fingerprint density at radius 2 is 1.84 bits per heavy atom. The van der Waals surface area contributed by atoms with Gasteiger partial charge in [0.1, 0.15) is 6.04 Å². The number of aryl methyl sites for hydroxylation is 1. The first-order valence-electron chi connectivity index (χ1n) is 8.75. The van der Waals surface area contributed by atoms with E-state index in [-0.39, 0.29) is 23.7 Å². The van der Waals surface area contributed by atoms with Crippen LogP contribution in [0.4, 0.5) is 0 Å². The van der Waals surface area contributed by atoms with Crippen LogP contribution in [-0.2, 0) is 9.59 Å². The number of nitrogens with zero attached hydrogens (tertiary/aromatic N) is 1. The maximum Gasteiger partial charge on any atom is 0.253 e. The third-order valence-corrected chi connectivity index (χ3v) is 4.65. The van der Waals surface area contributed by atoms with Crippen LogP contribution in [0.15, 0.2) is 24.3 Å². The van der Waals surface area contributed by atoms with Crippen molar-refractivity contribution >= 4 is 17.7 Å². The second kappa shape index (κ2) is 8.14. The van der Waals surface area contributed by atoms with Gasteiger partial charge in [-0.1, -0.05) is 31.5 Å². The lowest BCUT2D eigenvalue weighted by Gasteiger charge is -2.33. The molecule has 6 heteroatoms. The summed E-state index contributed by atoms with van der Waals surface area (Å²) in [6.07, 6.45) is 1.46. The zero-order valence-electron chi connectivity index (χ0n) is 15.1. The number of hydrogen-bond acceptors (Lipinski definition) is 3. The molecule has 0 spiro atoms. The Hall–Kier alpha value is -2.37. The highest BCUT2D eigenvalue weighted by Gasteiger charge is 2.31. The average Bonchev–Trinajstić information content (AvgIpc) is 2.59. The van der Waals surface area contributed by atoms with Crippen molar-refractivity contribution in [2.24, 2.45) is 17.6 Å². The van der Waals surface area contributed by atoms with Crippen molar-refractivity contribution in [3.8, 4) is 0 Å². The van der Waals surface area contributed by atoms with Crippen LogP contribution in [0, 0.1) is 18.8 Å². The fourth-order valence-electron chi connectivity index (χ4n) is 3.09. The molecular formula is C19H27N3O3. The molecule has 0 bridgehead atoms. The van der Waals surface area contributed by atoms with Crippen LogP contribution in [0.2, 0.25) is 0 Å². The van der Waals surface area contributed by atoms with Gasteiger partial charge in [-0.25, -0.2) is 0 Å². The molecule has 0 aromatic heterocycles. The lowest BCUT2D eigenvalue weighted by molar-refractivity contribution is -0.131. The van der Waals surface area contributed by atoms with Crippen LogP contribution in [0.1, 0.15) is 42.6 Å². The molecule has 0 radical (unpaired) electrons. The molecule has 2 atom stereocenters. The molecule has 6 nitrogen and oxygen atoms in total. The third-order valence-electron chi connectivity index (χ3n) is 4.65. The number of nitrogens with two attached hydrogens (primary N) is 1. The Balaban J connectivity index is 2.02. The number of amides is 3. The van der Waals surface area contributed by atoms with Crippen molar-refractivity contribution in [2.45, 2.75) is 39.7 Å². The van der Waals surface area contributed by atoms with E-state index < -0.39 is 11.9 Å². The van der Waals surface area contributed by atoms with E-state index in [4.69, 9.17) is 5.73 Å². The smallest absolute Gasteiger partial charge is 0.253 e. The minimum absolute atomic E-state index is 0.0622. The molecule has 1 aromatic carbocycles. The van der Waals surface area contributed by atoms with E-state index in [9.17, 15) is 14.4 Å². The largest absolute Gasteiger partial charge is 0.368 e. The van der Waals surface area contributed by atoms with Gasteiger partial charge in [0.25, 0.3) is 5.91 Å². The molecule has 1 fully saturated rings. The van der Waals surface area contributed by atoms with Gasteiger partial charge in [0.2, 0.25) is 11.8 Å². The molecule has 1 aromatic rings. The van der Waals surface area contributed by atoms with Crippen molar-refractivity contribution in [3.05, 3.63) is 35.4 Å². The normalized spacial score (nSPS) is 18.7. The van der Waals surface area contributed by atoms with Gasteiger partial charge in [0, 0.05) is 18.7 Å². The van der Waals surface area contributed by atoms with Gasteiger partial charge < -0.3 is 16.0 Å². The first-order valence-corrected chi connectivity index (χ1v) is 8.75. The summed E-state index contributed by atoms with van der Waals surface area (Å²) >= 11 is 0. The van der Waals surface area contributed by atoms with E-state index in [1.165, 1.54) is 0 Å². The van der Waals surface area contributed by atoms with Crippen LogP contribution in [-0.4, -0.2) is 41.8 Å². The first-order chi connectivity index (χ1) is 11.8. The maximum absolute atomic E-state index is 12.6. The van der Waals surface area contributed by atoms with E-state index in [0.717, 1.165) is 12.0 Å². The van der Waals surface area contributed by atoms with Crippen molar-refractivity contribution in [2.75, 3.05) is 13.1 Å². The van der Waals surface area contributed by atoms with Gasteiger partial charge in [-0.15, -0.1) is 0 Å². The molecular weight excluding hydrogens is 318 g/mol. The Kier molecular flexibility index (Phi) is 6.17. The zero-order chi connectivity index (χ0) is 18.6. The number of carbonyl (C=O) groups excluding carboxylic acids is 3. The highest BCUT2D eigenvalue weighted by molar-refractivity contribution is 5.95. The lowest BCUT2D eigenvalue weighted by atomic mass is 9.95. The van der Waals surface area contributed by atoms with Gasteiger partial charge in [-0.05, 0) is 37.8 Å². The number of hydrogen-bond donors (Lipinski definition) is 2. The summed E-state index contributed by atoms with van der Waals surface area (Å²) in [5.41, 5.74) is 7.09. The average molecular weight is 345 g/mol. The SMILES string of the molecule is Cc1ccc(C(=O)N2CCCC(C(=O)NC(C(N)=O)C(C)C)C2)cc1. The minimum atomic E-state index is -0.685. The number of piperidine rings is 1. The summed E-state index contributed by atoms with van der Waals surface area (Å²) in [7, 11) is 0. The predicted octanol–water partition coefficient (Wildman–Crippen LogP) is 1.47. The van der Waals surface area contributed by atoms with E-state index in [1.54, 1.807) is 4.90 Å². The number of primary amides is 1. The van der Waals surface area contributed by atoms with Crippen molar-refractivity contribution < 1.29 is 14.4 Å². The summed E-state index contributed by atoms with van der Waals surface area (Å²) in [6.45, 7) is 6.65. The van der Waals surface area contributed by atoms with Crippen LogP contribution >= 0.6 is 0 Å². The van der Waals surface area contributed by atoms with Crippen LogP contribution in [0.25, 0.3) is 0 Å². The maximum atomic E-state index is 12.6. The lowest BCUT2D eigenvalue weighted by Crippen LogP contribution is -2.52. The summed E-state index contributed by atoms with van der Waals surface area (Å²) in [5.74, 6) is -1.20. The molecule has 25 heavy (non-hydrogen) atoms. The third kappa shape index (κ3) is 4.81. The van der Waals surface area contributed by atoms with Gasteiger partial charge in [0.15, 0.2) is 0 Å². The molecule has 1 aliphatic rings. The Labute approximate surface area is 148 Å². The zero-order valence-corrected chi connectivity index (χ0v) is 15.1. The van der Waals surface area contributed by atoms with Gasteiger partial charge in [-0.3, -0.25) is 14.4 Å². The topological polar surface area (TPSA) is 92.5 Å². The second-order valence-electron chi connectivity index (χ2n) is 7.09. The molecule has 0 aliphatic carbocycles. The highest BCUT2D eigenvalue weighted by Crippen LogP contribution is 2.20. The molecule has 3 amide bonds. The van der Waals surface area contributed by atoms with Crippen LogP contribution in [0.3, 0.4) is 0 Å². The fraction of sp³-hybridized carbons (Fsp3) is 0.526. The summed E-state index contributed by atoms with van der Waals surface area (Å²) in [4.78, 5) is 38.4. The predicted molar refractivity (Wildman–Crippen MR) is 95.8 cm³/mol. The molecule has 0 saturated carbocycles. The molecule has 3 N–H and O–H groups in total. The number of carbonyl (C=O) groups is 3. The molecule has 1 aliphatic heterocycles. The van der Waals surface area contributed by atoms with Crippen LogP contribution in [0.5, 0.6) is 0 Å². The van der Waals surface area contributed by atoms with E-state index >= 15 is 0 Å². The van der Waals surface area contributed by atoms with E-state index in [1.807, 2.05) is 45.0 Å². The number of nitrogens with one attached hydrogen (secondary N) is 1. The number of benzene rings is 1. The summed E-state index contributed by atoms with van der Waals surface area (Å²) < 4.78 is 0. The molecule has 136 valence electrons.